The normalized spacial score (nSPS) is 14.9. The second-order valence-electron chi connectivity index (χ2n) is 10.4. The Morgan fingerprint density at radius 1 is 0.970 bits per heavy atom. The van der Waals surface area contributed by atoms with Gasteiger partial charge >= 0.3 is 0 Å². The quantitative estimate of drug-likeness (QED) is 0.376. The first-order chi connectivity index (χ1) is 15.8. The summed E-state index contributed by atoms with van der Waals surface area (Å²) in [5.74, 6) is 0.892. The van der Waals surface area contributed by atoms with Gasteiger partial charge in [0.25, 0.3) is 0 Å². The molecule has 1 aliphatic rings. The molecule has 0 unspecified atom stereocenters. The summed E-state index contributed by atoms with van der Waals surface area (Å²) in [5, 5.41) is 0.655. The van der Waals surface area contributed by atoms with Gasteiger partial charge in [-0.3, -0.25) is 14.8 Å². The highest BCUT2D eigenvalue weighted by atomic mass is 35.5. The van der Waals surface area contributed by atoms with Crippen LogP contribution in [0, 0.1) is 5.92 Å². The Balaban J connectivity index is 1.51. The van der Waals surface area contributed by atoms with E-state index in [4.69, 9.17) is 11.6 Å². The Bertz CT molecular complexity index is 1130. The van der Waals surface area contributed by atoms with Crippen LogP contribution in [0.1, 0.15) is 70.6 Å². The zero-order chi connectivity index (χ0) is 23.4. The number of nitrogens with zero attached hydrogens (tertiary/aromatic N) is 2. The first-order valence-corrected chi connectivity index (χ1v) is 12.4. The number of hydrogen-bond acceptors (Lipinski definition) is 3. The number of aromatic nitrogens is 2. The SMILES string of the molecule is CC(C)(C)c1cc(-c2cncc(-c3ccc(CC(=O)CC4CCCCC4)cc3Cl)c2)ccn1. The lowest BCUT2D eigenvalue weighted by atomic mass is 9.85. The monoisotopic (exact) mass is 460 g/mol. The second kappa shape index (κ2) is 10.2. The molecular formula is C29H33ClN2O. The molecule has 0 spiro atoms. The third-order valence-corrected chi connectivity index (χ3v) is 6.90. The molecule has 33 heavy (non-hydrogen) atoms. The van der Waals surface area contributed by atoms with E-state index in [-0.39, 0.29) is 5.41 Å². The smallest absolute Gasteiger partial charge is 0.137 e. The number of ketones is 1. The summed E-state index contributed by atoms with van der Waals surface area (Å²) in [6.07, 6.45) is 13.0. The first kappa shape index (κ1) is 23.6. The Morgan fingerprint density at radius 3 is 2.45 bits per heavy atom. The van der Waals surface area contributed by atoms with Crippen molar-refractivity contribution in [3.63, 3.8) is 0 Å². The topological polar surface area (TPSA) is 42.9 Å². The summed E-state index contributed by atoms with van der Waals surface area (Å²) in [6.45, 7) is 6.49. The fourth-order valence-electron chi connectivity index (χ4n) is 4.68. The van der Waals surface area contributed by atoms with Gasteiger partial charge < -0.3 is 0 Å². The van der Waals surface area contributed by atoms with E-state index >= 15 is 0 Å². The number of carbonyl (C=O) groups is 1. The van der Waals surface area contributed by atoms with Gasteiger partial charge in [-0.25, -0.2) is 0 Å². The summed E-state index contributed by atoms with van der Waals surface area (Å²) in [6, 6.07) is 12.2. The minimum Gasteiger partial charge on any atom is -0.299 e. The number of rotatable bonds is 6. The van der Waals surface area contributed by atoms with Gasteiger partial charge in [0, 0.05) is 64.3 Å². The molecule has 1 aromatic carbocycles. The molecular weight excluding hydrogens is 428 g/mol. The number of benzene rings is 1. The molecule has 0 atom stereocenters. The maximum absolute atomic E-state index is 12.6. The molecule has 2 aromatic heterocycles. The number of halogens is 1. The molecule has 4 rings (SSSR count). The molecule has 1 saturated carbocycles. The van der Waals surface area contributed by atoms with Crippen LogP contribution in [0.4, 0.5) is 0 Å². The summed E-state index contributed by atoms with van der Waals surface area (Å²) in [4.78, 5) is 21.6. The van der Waals surface area contributed by atoms with Gasteiger partial charge in [-0.05, 0) is 41.3 Å². The third kappa shape index (κ3) is 6.09. The van der Waals surface area contributed by atoms with Crippen molar-refractivity contribution in [2.24, 2.45) is 5.92 Å². The fraction of sp³-hybridized carbons (Fsp3) is 0.414. The Labute approximate surface area is 202 Å². The Kier molecular flexibility index (Phi) is 7.29. The van der Waals surface area contributed by atoms with Crippen LogP contribution in [-0.2, 0) is 16.6 Å². The van der Waals surface area contributed by atoms with Crippen LogP contribution >= 0.6 is 11.6 Å². The highest BCUT2D eigenvalue weighted by Crippen LogP contribution is 2.33. The minimum atomic E-state index is -0.0192. The molecule has 1 fully saturated rings. The van der Waals surface area contributed by atoms with Crippen molar-refractivity contribution < 1.29 is 4.79 Å². The first-order valence-electron chi connectivity index (χ1n) is 12.0. The fourth-order valence-corrected chi connectivity index (χ4v) is 4.99. The van der Waals surface area contributed by atoms with Gasteiger partial charge in [-0.2, -0.15) is 0 Å². The van der Waals surface area contributed by atoms with Crippen molar-refractivity contribution in [2.45, 2.75) is 71.1 Å². The Morgan fingerprint density at radius 2 is 1.73 bits per heavy atom. The summed E-state index contributed by atoms with van der Waals surface area (Å²) >= 11 is 6.67. The van der Waals surface area contributed by atoms with Gasteiger partial charge in [0.2, 0.25) is 0 Å². The second-order valence-corrected chi connectivity index (χ2v) is 10.8. The van der Waals surface area contributed by atoms with Gasteiger partial charge in [0.1, 0.15) is 5.78 Å². The summed E-state index contributed by atoms with van der Waals surface area (Å²) < 4.78 is 0. The number of pyridine rings is 2. The summed E-state index contributed by atoms with van der Waals surface area (Å²) in [5.41, 5.74) is 6.03. The van der Waals surface area contributed by atoms with Crippen molar-refractivity contribution in [2.75, 3.05) is 0 Å². The van der Waals surface area contributed by atoms with Crippen LogP contribution < -0.4 is 0 Å². The molecule has 0 bridgehead atoms. The molecule has 0 radical (unpaired) electrons. The van der Waals surface area contributed by atoms with Gasteiger partial charge in [0.05, 0.1) is 0 Å². The molecule has 2 heterocycles. The van der Waals surface area contributed by atoms with Gasteiger partial charge in [0.15, 0.2) is 0 Å². The lowest BCUT2D eigenvalue weighted by Crippen LogP contribution is -2.13. The summed E-state index contributed by atoms with van der Waals surface area (Å²) in [7, 11) is 0. The van der Waals surface area contributed by atoms with Crippen molar-refractivity contribution >= 4 is 17.4 Å². The van der Waals surface area contributed by atoms with Crippen LogP contribution in [0.2, 0.25) is 5.02 Å². The maximum Gasteiger partial charge on any atom is 0.137 e. The van der Waals surface area contributed by atoms with E-state index in [9.17, 15) is 4.79 Å². The van der Waals surface area contributed by atoms with Crippen molar-refractivity contribution in [3.8, 4) is 22.3 Å². The molecule has 172 valence electrons. The van der Waals surface area contributed by atoms with Crippen LogP contribution in [0.3, 0.4) is 0 Å². The molecule has 0 aliphatic heterocycles. The van der Waals surface area contributed by atoms with E-state index in [1.165, 1.54) is 32.1 Å². The van der Waals surface area contributed by atoms with E-state index in [2.05, 4.69) is 42.9 Å². The van der Waals surface area contributed by atoms with E-state index in [0.29, 0.717) is 29.6 Å². The standard InChI is InChI=1S/C29H33ClN2O/c1-29(2,3)28-17-22(11-12-32-28)23-16-24(19-31-18-23)26-10-9-21(15-27(26)30)14-25(33)13-20-7-5-4-6-8-20/h9-12,15-20H,4-8,13-14H2,1-3H3. The number of hydrogen-bond donors (Lipinski definition) is 0. The lowest BCUT2D eigenvalue weighted by molar-refractivity contribution is -0.119. The molecule has 3 aromatic rings. The van der Waals surface area contributed by atoms with Crippen molar-refractivity contribution in [1.29, 1.82) is 0 Å². The zero-order valence-electron chi connectivity index (χ0n) is 19.9. The van der Waals surface area contributed by atoms with Gasteiger partial charge in [-0.1, -0.05) is 76.6 Å². The van der Waals surface area contributed by atoms with Crippen LogP contribution in [-0.4, -0.2) is 15.8 Å². The number of carbonyl (C=O) groups excluding carboxylic acids is 1. The average Bonchev–Trinajstić information content (AvgIpc) is 2.79. The molecule has 0 amide bonds. The van der Waals surface area contributed by atoms with Crippen LogP contribution in [0.15, 0.2) is 55.0 Å². The third-order valence-electron chi connectivity index (χ3n) is 6.59. The van der Waals surface area contributed by atoms with Crippen LogP contribution in [0.25, 0.3) is 22.3 Å². The van der Waals surface area contributed by atoms with Crippen molar-refractivity contribution in [1.82, 2.24) is 9.97 Å². The predicted octanol–water partition coefficient (Wildman–Crippen LogP) is 7.84. The highest BCUT2D eigenvalue weighted by molar-refractivity contribution is 6.33. The molecule has 0 saturated heterocycles. The molecule has 1 aliphatic carbocycles. The highest BCUT2D eigenvalue weighted by Gasteiger charge is 2.18. The van der Waals surface area contributed by atoms with Crippen molar-refractivity contribution in [3.05, 3.63) is 71.3 Å². The van der Waals surface area contributed by atoms with E-state index < -0.39 is 0 Å². The molecule has 4 heteroatoms. The van der Waals surface area contributed by atoms with E-state index in [1.54, 1.807) is 0 Å². The van der Waals surface area contributed by atoms with E-state index in [0.717, 1.165) is 33.5 Å². The minimum absolute atomic E-state index is 0.0192. The number of Topliss-reactive ketones (excluding diaryl/α,β-unsaturated/α-hetero) is 1. The molecule has 3 nitrogen and oxygen atoms in total. The van der Waals surface area contributed by atoms with Crippen LogP contribution in [0.5, 0.6) is 0 Å². The zero-order valence-corrected chi connectivity index (χ0v) is 20.7. The average molecular weight is 461 g/mol. The van der Waals surface area contributed by atoms with E-state index in [1.807, 2.05) is 42.9 Å². The Hall–Kier alpha value is -2.52. The maximum atomic E-state index is 12.6. The largest absolute Gasteiger partial charge is 0.299 e. The molecule has 0 N–H and O–H groups in total. The van der Waals surface area contributed by atoms with Gasteiger partial charge in [-0.15, -0.1) is 0 Å². The predicted molar refractivity (Wildman–Crippen MR) is 137 cm³/mol. The lowest BCUT2D eigenvalue weighted by Gasteiger charge is -2.20.